The lowest BCUT2D eigenvalue weighted by molar-refractivity contribution is 0.0677. The highest BCUT2D eigenvalue weighted by Gasteiger charge is 2.29. The van der Waals surface area contributed by atoms with E-state index in [1.807, 2.05) is 30.9 Å². The molecule has 2 heterocycles. The molecule has 1 atom stereocenters. The number of carbonyl (C=O) groups is 1. The molecule has 1 N–H and O–H groups in total. The maximum absolute atomic E-state index is 12.9. The van der Waals surface area contributed by atoms with Crippen LogP contribution in [0.3, 0.4) is 0 Å². The van der Waals surface area contributed by atoms with Gasteiger partial charge in [0.15, 0.2) is 0 Å². The van der Waals surface area contributed by atoms with Gasteiger partial charge < -0.3 is 14.6 Å². The van der Waals surface area contributed by atoms with Crippen molar-refractivity contribution in [3.05, 3.63) is 63.1 Å². The van der Waals surface area contributed by atoms with Gasteiger partial charge in [-0.05, 0) is 49.1 Å². The lowest BCUT2D eigenvalue weighted by atomic mass is 9.92. The van der Waals surface area contributed by atoms with Crippen LogP contribution in [0.25, 0.3) is 0 Å². The number of methoxy groups -OCH3 is 1. The van der Waals surface area contributed by atoms with Crippen molar-refractivity contribution in [3.63, 3.8) is 0 Å². The Kier molecular flexibility index (Phi) is 4.42. The van der Waals surface area contributed by atoms with Crippen LogP contribution in [0.4, 0.5) is 0 Å². The number of benzene rings is 1. The molecule has 1 aromatic heterocycles. The van der Waals surface area contributed by atoms with Crippen LogP contribution in [0.15, 0.2) is 35.1 Å². The molecule has 0 unspecified atom stereocenters. The molecular weight excluding hydrogens is 304 g/mol. The molecule has 126 valence electrons. The fourth-order valence-electron chi connectivity index (χ4n) is 3.28. The highest BCUT2D eigenvalue weighted by atomic mass is 16.5. The van der Waals surface area contributed by atoms with E-state index in [1.54, 1.807) is 13.2 Å². The molecule has 0 radical (unpaired) electrons. The van der Waals surface area contributed by atoms with Crippen molar-refractivity contribution >= 4 is 5.91 Å². The highest BCUT2D eigenvalue weighted by Crippen LogP contribution is 2.32. The van der Waals surface area contributed by atoms with Gasteiger partial charge in [0.2, 0.25) is 5.56 Å². The number of aromatic nitrogens is 1. The summed E-state index contributed by atoms with van der Waals surface area (Å²) in [7, 11) is 1.64. The zero-order valence-corrected chi connectivity index (χ0v) is 14.3. The number of H-pyrrole nitrogens is 1. The average Bonchev–Trinajstić information content (AvgIpc) is 2.60. The summed E-state index contributed by atoms with van der Waals surface area (Å²) >= 11 is 0. The second kappa shape index (κ2) is 6.51. The van der Waals surface area contributed by atoms with Crippen molar-refractivity contribution in [1.82, 2.24) is 9.88 Å². The van der Waals surface area contributed by atoms with E-state index in [-0.39, 0.29) is 17.5 Å². The minimum absolute atomic E-state index is 0.0549. The van der Waals surface area contributed by atoms with Gasteiger partial charge >= 0.3 is 0 Å². The van der Waals surface area contributed by atoms with Gasteiger partial charge in [0.05, 0.1) is 13.2 Å². The molecule has 1 amide bonds. The smallest absolute Gasteiger partial charge is 0.254 e. The Morgan fingerprint density at radius 2 is 2.12 bits per heavy atom. The van der Waals surface area contributed by atoms with E-state index in [1.165, 1.54) is 11.6 Å². The molecule has 0 saturated carbocycles. The summed E-state index contributed by atoms with van der Waals surface area (Å²) in [6.07, 6.45) is 1.49. The van der Waals surface area contributed by atoms with Crippen LogP contribution >= 0.6 is 0 Å². The maximum atomic E-state index is 12.9. The highest BCUT2D eigenvalue weighted by molar-refractivity contribution is 5.94. The SMILES string of the molecule is CCc1cc(C(=O)N2CCc3ccc(OC)cc3[C@H]2C)cc(=O)[nH]1. The van der Waals surface area contributed by atoms with Gasteiger partial charge in [0.25, 0.3) is 5.91 Å². The Morgan fingerprint density at radius 1 is 1.33 bits per heavy atom. The molecule has 3 rings (SSSR count). The molecule has 5 nitrogen and oxygen atoms in total. The summed E-state index contributed by atoms with van der Waals surface area (Å²) in [5.41, 5.74) is 3.35. The van der Waals surface area contributed by atoms with E-state index in [9.17, 15) is 9.59 Å². The van der Waals surface area contributed by atoms with Crippen LogP contribution < -0.4 is 10.3 Å². The molecule has 0 fully saturated rings. The van der Waals surface area contributed by atoms with Crippen molar-refractivity contribution in [2.24, 2.45) is 0 Å². The fourth-order valence-corrected chi connectivity index (χ4v) is 3.28. The third-order valence-corrected chi connectivity index (χ3v) is 4.68. The number of amides is 1. The molecular formula is C19H22N2O3. The number of hydrogen-bond acceptors (Lipinski definition) is 3. The van der Waals surface area contributed by atoms with Gasteiger partial charge in [-0.2, -0.15) is 0 Å². The number of aryl methyl sites for hydroxylation is 1. The Morgan fingerprint density at radius 3 is 2.83 bits per heavy atom. The number of fused-ring (bicyclic) bond motifs is 1. The maximum Gasteiger partial charge on any atom is 0.254 e. The first kappa shape index (κ1) is 16.3. The van der Waals surface area contributed by atoms with Crippen molar-refractivity contribution in [2.75, 3.05) is 13.7 Å². The van der Waals surface area contributed by atoms with E-state index in [0.29, 0.717) is 18.5 Å². The zero-order chi connectivity index (χ0) is 17.3. The Bertz CT molecular complexity index is 826. The van der Waals surface area contributed by atoms with E-state index in [2.05, 4.69) is 11.1 Å². The molecule has 0 aliphatic carbocycles. The summed E-state index contributed by atoms with van der Waals surface area (Å²) in [5, 5.41) is 0. The van der Waals surface area contributed by atoms with Crippen molar-refractivity contribution in [2.45, 2.75) is 32.7 Å². The van der Waals surface area contributed by atoms with E-state index in [4.69, 9.17) is 4.74 Å². The van der Waals surface area contributed by atoms with Gasteiger partial charge in [-0.3, -0.25) is 9.59 Å². The van der Waals surface area contributed by atoms with Crippen molar-refractivity contribution in [1.29, 1.82) is 0 Å². The summed E-state index contributed by atoms with van der Waals surface area (Å²) in [5.74, 6) is 0.691. The van der Waals surface area contributed by atoms with Crippen molar-refractivity contribution in [3.8, 4) is 5.75 Å². The van der Waals surface area contributed by atoms with Crippen LogP contribution in [0.1, 0.15) is 47.1 Å². The van der Waals surface area contributed by atoms with Crippen molar-refractivity contribution < 1.29 is 9.53 Å². The van der Waals surface area contributed by atoms with Crippen LogP contribution in [0, 0.1) is 0 Å². The number of ether oxygens (including phenoxy) is 1. The first-order valence-corrected chi connectivity index (χ1v) is 8.24. The van der Waals surface area contributed by atoms with Gasteiger partial charge in [-0.25, -0.2) is 0 Å². The number of rotatable bonds is 3. The van der Waals surface area contributed by atoms with Gasteiger partial charge in [0.1, 0.15) is 5.75 Å². The third kappa shape index (κ3) is 2.94. The van der Waals surface area contributed by atoms with Crippen LogP contribution in [0.2, 0.25) is 0 Å². The predicted octanol–water partition coefficient (Wildman–Crippen LogP) is 2.71. The topological polar surface area (TPSA) is 62.4 Å². The lowest BCUT2D eigenvalue weighted by Gasteiger charge is -2.35. The van der Waals surface area contributed by atoms with Gasteiger partial charge in [0, 0.05) is 23.9 Å². The third-order valence-electron chi connectivity index (χ3n) is 4.68. The van der Waals surface area contributed by atoms with E-state index in [0.717, 1.165) is 23.4 Å². The van der Waals surface area contributed by atoms with Crippen LogP contribution in [-0.4, -0.2) is 29.4 Å². The van der Waals surface area contributed by atoms with Crippen LogP contribution in [0.5, 0.6) is 5.75 Å². The monoisotopic (exact) mass is 326 g/mol. The average molecular weight is 326 g/mol. The Balaban J connectivity index is 1.94. The normalized spacial score (nSPS) is 16.6. The molecule has 2 aromatic rings. The van der Waals surface area contributed by atoms with E-state index >= 15 is 0 Å². The zero-order valence-electron chi connectivity index (χ0n) is 14.3. The molecule has 0 saturated heterocycles. The molecule has 0 bridgehead atoms. The molecule has 0 spiro atoms. The molecule has 5 heteroatoms. The fraction of sp³-hybridized carbons (Fsp3) is 0.368. The molecule has 1 aliphatic heterocycles. The van der Waals surface area contributed by atoms with Gasteiger partial charge in [-0.15, -0.1) is 0 Å². The quantitative estimate of drug-likeness (QED) is 0.943. The molecule has 24 heavy (non-hydrogen) atoms. The number of aromatic amines is 1. The molecule has 1 aliphatic rings. The Labute approximate surface area is 141 Å². The summed E-state index contributed by atoms with van der Waals surface area (Å²) in [4.78, 5) is 29.3. The minimum atomic E-state index is -0.232. The lowest BCUT2D eigenvalue weighted by Crippen LogP contribution is -2.39. The summed E-state index contributed by atoms with van der Waals surface area (Å²) in [6.45, 7) is 4.61. The molecule has 1 aromatic carbocycles. The van der Waals surface area contributed by atoms with Crippen LogP contribution in [-0.2, 0) is 12.8 Å². The largest absolute Gasteiger partial charge is 0.497 e. The number of nitrogens with zero attached hydrogens (tertiary/aromatic N) is 1. The Hall–Kier alpha value is -2.56. The first-order valence-electron chi connectivity index (χ1n) is 8.24. The number of nitrogens with one attached hydrogen (secondary N) is 1. The number of hydrogen-bond donors (Lipinski definition) is 1. The first-order chi connectivity index (χ1) is 11.5. The standard InChI is InChI=1S/C19H22N2O3/c1-4-15-9-14(10-18(22)20-15)19(23)21-8-7-13-5-6-16(24-3)11-17(13)12(21)2/h5-6,9-12H,4,7-8H2,1-3H3,(H,20,22)/t12-/m1/s1. The number of pyridine rings is 1. The summed E-state index contributed by atoms with van der Waals surface area (Å²) < 4.78 is 5.31. The second-order valence-electron chi connectivity index (χ2n) is 6.10. The van der Waals surface area contributed by atoms with E-state index < -0.39 is 0 Å². The second-order valence-corrected chi connectivity index (χ2v) is 6.10. The summed E-state index contributed by atoms with van der Waals surface area (Å²) in [6, 6.07) is 9.12. The predicted molar refractivity (Wildman–Crippen MR) is 92.6 cm³/mol. The minimum Gasteiger partial charge on any atom is -0.497 e. The number of carbonyl (C=O) groups excluding carboxylic acids is 1. The van der Waals surface area contributed by atoms with Gasteiger partial charge in [-0.1, -0.05) is 13.0 Å².